The van der Waals surface area contributed by atoms with Crippen molar-refractivity contribution in [2.45, 2.75) is 52.4 Å². The van der Waals surface area contributed by atoms with Gasteiger partial charge >= 0.3 is 6.03 Å². The summed E-state index contributed by atoms with van der Waals surface area (Å²) in [5.74, 6) is -0.503. The van der Waals surface area contributed by atoms with Gasteiger partial charge in [-0.25, -0.2) is 13.6 Å². The summed E-state index contributed by atoms with van der Waals surface area (Å²) in [6.07, 6.45) is 1.74. The van der Waals surface area contributed by atoms with E-state index in [1.807, 2.05) is 29.2 Å². The van der Waals surface area contributed by atoms with Crippen molar-refractivity contribution < 1.29 is 18.3 Å². The summed E-state index contributed by atoms with van der Waals surface area (Å²) >= 11 is 0. The smallest absolute Gasteiger partial charge is 0.321 e. The molecule has 33 heavy (non-hydrogen) atoms. The summed E-state index contributed by atoms with van der Waals surface area (Å²) in [5.41, 5.74) is 2.31. The molecule has 2 aliphatic heterocycles. The number of likely N-dealkylation sites (tertiary alicyclic amines) is 1. The number of benzene rings is 2. The van der Waals surface area contributed by atoms with Crippen LogP contribution in [-0.2, 0) is 19.6 Å². The van der Waals surface area contributed by atoms with E-state index in [0.717, 1.165) is 37.2 Å². The second kappa shape index (κ2) is 10.1. The summed E-state index contributed by atoms with van der Waals surface area (Å²) < 4.78 is 33.8. The zero-order chi connectivity index (χ0) is 23.5. The van der Waals surface area contributed by atoms with E-state index in [2.05, 4.69) is 25.8 Å². The van der Waals surface area contributed by atoms with Crippen molar-refractivity contribution in [1.82, 2.24) is 14.7 Å². The maximum absolute atomic E-state index is 14.0. The molecule has 2 aromatic rings. The molecule has 7 heteroatoms. The molecule has 0 saturated carbocycles. The Balaban J connectivity index is 1.57. The lowest BCUT2D eigenvalue weighted by Gasteiger charge is -2.38. The highest BCUT2D eigenvalue weighted by Crippen LogP contribution is 2.29. The van der Waals surface area contributed by atoms with Crippen LogP contribution in [0.5, 0.6) is 5.75 Å². The van der Waals surface area contributed by atoms with Gasteiger partial charge in [0.1, 0.15) is 5.75 Å². The van der Waals surface area contributed by atoms with Gasteiger partial charge in [0.15, 0.2) is 11.6 Å². The zero-order valence-corrected chi connectivity index (χ0v) is 19.7. The second-order valence-corrected chi connectivity index (χ2v) is 9.68. The Kier molecular flexibility index (Phi) is 7.17. The number of carbonyl (C=O) groups excluding carboxylic acids is 1. The van der Waals surface area contributed by atoms with E-state index in [0.29, 0.717) is 36.7 Å². The molecule has 0 aliphatic carbocycles. The van der Waals surface area contributed by atoms with Gasteiger partial charge in [0, 0.05) is 25.7 Å². The molecule has 1 saturated heterocycles. The first-order valence-electron chi connectivity index (χ1n) is 11.7. The Bertz CT molecular complexity index is 972. The predicted octanol–water partition coefficient (Wildman–Crippen LogP) is 5.03. The molecule has 0 unspecified atom stereocenters. The number of nitrogens with zero attached hydrogens (tertiary/aromatic N) is 3. The zero-order valence-electron chi connectivity index (χ0n) is 19.7. The van der Waals surface area contributed by atoms with Gasteiger partial charge in [0.2, 0.25) is 0 Å². The van der Waals surface area contributed by atoms with E-state index >= 15 is 0 Å². The highest BCUT2D eigenvalue weighted by atomic mass is 19.2. The van der Waals surface area contributed by atoms with Crippen molar-refractivity contribution in [2.75, 3.05) is 26.7 Å². The number of halogens is 2. The minimum atomic E-state index is -0.874. The molecule has 0 spiro atoms. The van der Waals surface area contributed by atoms with Crippen LogP contribution in [0.3, 0.4) is 0 Å². The Morgan fingerprint density at radius 2 is 1.61 bits per heavy atom. The fourth-order valence-electron chi connectivity index (χ4n) is 4.52. The van der Waals surface area contributed by atoms with E-state index in [-0.39, 0.29) is 18.6 Å². The van der Waals surface area contributed by atoms with Crippen LogP contribution in [0.15, 0.2) is 36.4 Å². The third-order valence-corrected chi connectivity index (χ3v) is 6.47. The Hall–Kier alpha value is -2.67. The van der Waals surface area contributed by atoms with Crippen LogP contribution in [-0.4, -0.2) is 53.5 Å². The van der Waals surface area contributed by atoms with E-state index in [9.17, 15) is 13.6 Å². The predicted molar refractivity (Wildman–Crippen MR) is 124 cm³/mol. The molecule has 0 atom stereocenters. The topological polar surface area (TPSA) is 36.0 Å². The molecule has 0 N–H and O–H groups in total. The van der Waals surface area contributed by atoms with Crippen molar-refractivity contribution in [1.29, 1.82) is 0 Å². The number of ether oxygens (including phenoxy) is 1. The fourth-order valence-corrected chi connectivity index (χ4v) is 4.52. The van der Waals surface area contributed by atoms with Gasteiger partial charge in [0.05, 0.1) is 6.61 Å². The minimum Gasteiger partial charge on any atom is -0.493 e. The first-order chi connectivity index (χ1) is 15.8. The van der Waals surface area contributed by atoms with E-state index < -0.39 is 11.6 Å². The van der Waals surface area contributed by atoms with Crippen LogP contribution >= 0.6 is 0 Å². The summed E-state index contributed by atoms with van der Waals surface area (Å²) in [4.78, 5) is 19.5. The summed E-state index contributed by atoms with van der Waals surface area (Å²) in [7, 11) is 2.08. The number of fused-ring (bicyclic) bond motifs is 1. The normalized spacial score (nSPS) is 17.9. The summed E-state index contributed by atoms with van der Waals surface area (Å²) in [6.45, 7) is 7.62. The van der Waals surface area contributed by atoms with E-state index in [4.69, 9.17) is 4.74 Å². The van der Waals surface area contributed by atoms with Crippen LogP contribution in [0, 0.1) is 17.6 Å². The average molecular weight is 458 g/mol. The SMILES string of the molecule is CC(C)COc1ccc(CN2Cc3cc(F)c(F)cc3CN(C3CCN(C)CC3)C2=O)cc1. The summed E-state index contributed by atoms with van der Waals surface area (Å²) in [5, 5.41) is 0. The molecule has 178 valence electrons. The maximum atomic E-state index is 14.0. The molecule has 1 fully saturated rings. The van der Waals surface area contributed by atoms with Gasteiger partial charge in [-0.15, -0.1) is 0 Å². The van der Waals surface area contributed by atoms with Gasteiger partial charge in [0.25, 0.3) is 0 Å². The first kappa shape index (κ1) is 23.5. The van der Waals surface area contributed by atoms with Crippen molar-refractivity contribution >= 4 is 6.03 Å². The number of amides is 2. The van der Waals surface area contributed by atoms with Crippen molar-refractivity contribution in [3.05, 3.63) is 64.7 Å². The molecule has 0 bridgehead atoms. The van der Waals surface area contributed by atoms with Crippen LogP contribution in [0.25, 0.3) is 0 Å². The largest absolute Gasteiger partial charge is 0.493 e. The van der Waals surface area contributed by atoms with Crippen LogP contribution in [0.1, 0.15) is 43.4 Å². The summed E-state index contributed by atoms with van der Waals surface area (Å²) in [6, 6.07) is 10.2. The van der Waals surface area contributed by atoms with E-state index in [1.165, 1.54) is 12.1 Å². The Morgan fingerprint density at radius 3 is 2.21 bits per heavy atom. The lowest BCUT2D eigenvalue weighted by atomic mass is 10.0. The first-order valence-corrected chi connectivity index (χ1v) is 11.7. The fraction of sp³-hybridized carbons (Fsp3) is 0.500. The van der Waals surface area contributed by atoms with Gasteiger partial charge < -0.3 is 19.4 Å². The third kappa shape index (κ3) is 5.64. The average Bonchev–Trinajstić information content (AvgIpc) is 2.91. The van der Waals surface area contributed by atoms with Gasteiger partial charge in [-0.3, -0.25) is 0 Å². The molecule has 5 nitrogen and oxygen atoms in total. The molecule has 2 aromatic carbocycles. The number of carbonyl (C=O) groups is 1. The number of hydrogen-bond acceptors (Lipinski definition) is 3. The van der Waals surface area contributed by atoms with Crippen molar-refractivity contribution in [2.24, 2.45) is 5.92 Å². The standard InChI is InChI=1S/C26H33F2N3O2/c1-18(2)17-33-23-6-4-19(5-7-23)14-30-15-20-12-24(27)25(28)13-21(20)16-31(26(30)32)22-8-10-29(3)11-9-22/h4-7,12-13,18,22H,8-11,14-17H2,1-3H3. The number of hydrogen-bond donors (Lipinski definition) is 0. The Morgan fingerprint density at radius 1 is 1.00 bits per heavy atom. The number of piperidine rings is 1. The van der Waals surface area contributed by atoms with Gasteiger partial charge in [-0.2, -0.15) is 0 Å². The monoisotopic (exact) mass is 457 g/mol. The molecular formula is C26H33F2N3O2. The van der Waals surface area contributed by atoms with Crippen molar-refractivity contribution in [3.8, 4) is 5.75 Å². The molecule has 2 amide bonds. The Labute approximate surface area is 194 Å². The van der Waals surface area contributed by atoms with Gasteiger partial charge in [-0.1, -0.05) is 26.0 Å². The van der Waals surface area contributed by atoms with Crippen molar-refractivity contribution in [3.63, 3.8) is 0 Å². The molecule has 0 radical (unpaired) electrons. The van der Waals surface area contributed by atoms with Crippen LogP contribution in [0.2, 0.25) is 0 Å². The highest BCUT2D eigenvalue weighted by molar-refractivity contribution is 5.76. The minimum absolute atomic E-state index is 0.0818. The number of urea groups is 1. The second-order valence-electron chi connectivity index (χ2n) is 9.68. The maximum Gasteiger partial charge on any atom is 0.321 e. The molecule has 2 heterocycles. The number of rotatable bonds is 6. The highest BCUT2D eigenvalue weighted by Gasteiger charge is 2.33. The molecule has 2 aliphatic rings. The lowest BCUT2D eigenvalue weighted by molar-refractivity contribution is 0.101. The molecule has 4 rings (SSSR count). The quantitative estimate of drug-likeness (QED) is 0.610. The lowest BCUT2D eigenvalue weighted by Crippen LogP contribution is -2.49. The molecular weight excluding hydrogens is 424 g/mol. The van der Waals surface area contributed by atoms with Crippen LogP contribution in [0.4, 0.5) is 13.6 Å². The molecule has 0 aromatic heterocycles. The van der Waals surface area contributed by atoms with Gasteiger partial charge in [-0.05, 0) is 79.9 Å². The van der Waals surface area contributed by atoms with Crippen LogP contribution < -0.4 is 4.74 Å². The van der Waals surface area contributed by atoms with E-state index in [1.54, 1.807) is 4.90 Å². The third-order valence-electron chi connectivity index (χ3n) is 6.47.